The number of pyridine rings is 2. The fourth-order valence-electron chi connectivity index (χ4n) is 4.51. The van der Waals surface area contributed by atoms with Gasteiger partial charge in [-0.15, -0.1) is 0 Å². The molecule has 9 heteroatoms. The Morgan fingerprint density at radius 3 is 2.46 bits per heavy atom. The highest BCUT2D eigenvalue weighted by Crippen LogP contribution is 2.32. The van der Waals surface area contributed by atoms with Gasteiger partial charge in [-0.2, -0.15) is 15.5 Å². The number of hydrogen-bond donors (Lipinski definition) is 1. The van der Waals surface area contributed by atoms with Crippen molar-refractivity contribution >= 4 is 11.3 Å². The molecule has 1 aliphatic rings. The van der Waals surface area contributed by atoms with Gasteiger partial charge >= 0.3 is 0 Å². The number of anilines is 1. The second-order valence-corrected chi connectivity index (χ2v) is 9.13. The molecule has 178 valence electrons. The summed E-state index contributed by atoms with van der Waals surface area (Å²) in [6, 6.07) is 8.85. The van der Waals surface area contributed by atoms with Crippen LogP contribution in [0.5, 0.6) is 0 Å². The maximum atomic E-state index is 9.65. The van der Waals surface area contributed by atoms with E-state index in [0.717, 1.165) is 65.6 Å². The van der Waals surface area contributed by atoms with Gasteiger partial charge in [0.15, 0.2) is 0 Å². The first kappa shape index (κ1) is 22.5. The van der Waals surface area contributed by atoms with Crippen molar-refractivity contribution in [3.63, 3.8) is 0 Å². The smallest absolute Gasteiger partial charge is 0.128 e. The van der Waals surface area contributed by atoms with E-state index >= 15 is 0 Å². The summed E-state index contributed by atoms with van der Waals surface area (Å²) in [5, 5.41) is 21.8. The lowest BCUT2D eigenvalue weighted by molar-refractivity contribution is 0.294. The van der Waals surface area contributed by atoms with Crippen molar-refractivity contribution in [3.05, 3.63) is 67.1 Å². The van der Waals surface area contributed by atoms with Crippen LogP contribution in [0.15, 0.2) is 61.6 Å². The zero-order valence-corrected chi connectivity index (χ0v) is 20.3. The summed E-state index contributed by atoms with van der Waals surface area (Å²) >= 11 is 0. The third-order valence-electron chi connectivity index (χ3n) is 6.27. The predicted molar refractivity (Wildman–Crippen MR) is 137 cm³/mol. The Morgan fingerprint density at radius 1 is 1.03 bits per heavy atom. The maximum Gasteiger partial charge on any atom is 0.128 e. The topological polar surface area (TPSA) is 90.3 Å². The van der Waals surface area contributed by atoms with Gasteiger partial charge < -0.3 is 15.1 Å². The standard InChI is InChI=1S/C26H29N9/c1-18(2)31-19(3)33-7-9-34(10-8-33)25-6-5-20(13-28-25)24-11-21(23-15-29-32(4)16-23)17-35-26(24)22(12-27)14-30-35/h5-6,11,13-18,31H,3,7-10H2,1-2,4H3. The molecule has 1 saturated heterocycles. The Hall–Kier alpha value is -4.32. The van der Waals surface area contributed by atoms with Crippen LogP contribution in [0.1, 0.15) is 19.4 Å². The molecule has 0 saturated carbocycles. The average molecular weight is 468 g/mol. The summed E-state index contributed by atoms with van der Waals surface area (Å²) < 4.78 is 3.54. The van der Waals surface area contributed by atoms with Crippen LogP contribution in [0.2, 0.25) is 0 Å². The van der Waals surface area contributed by atoms with Gasteiger partial charge in [0.2, 0.25) is 0 Å². The third kappa shape index (κ3) is 4.43. The van der Waals surface area contributed by atoms with Crippen LogP contribution < -0.4 is 10.2 Å². The first-order valence-corrected chi connectivity index (χ1v) is 11.7. The van der Waals surface area contributed by atoms with Crippen molar-refractivity contribution in [1.29, 1.82) is 5.26 Å². The summed E-state index contributed by atoms with van der Waals surface area (Å²) in [7, 11) is 1.89. The number of rotatable bonds is 6. The van der Waals surface area contributed by atoms with E-state index in [9.17, 15) is 5.26 Å². The molecule has 0 atom stereocenters. The van der Waals surface area contributed by atoms with Gasteiger partial charge in [0.1, 0.15) is 11.9 Å². The number of fused-ring (bicyclic) bond motifs is 1. The summed E-state index contributed by atoms with van der Waals surface area (Å²) in [6.07, 6.45) is 9.21. The Labute approximate surface area is 204 Å². The van der Waals surface area contributed by atoms with Crippen LogP contribution >= 0.6 is 0 Å². The highest BCUT2D eigenvalue weighted by atomic mass is 15.3. The molecule has 0 radical (unpaired) electrons. The molecular formula is C26H29N9. The van der Waals surface area contributed by atoms with E-state index in [0.29, 0.717) is 11.6 Å². The molecule has 4 aromatic rings. The normalized spacial score (nSPS) is 13.9. The summed E-state index contributed by atoms with van der Waals surface area (Å²) in [6.45, 7) is 12.0. The van der Waals surface area contributed by atoms with Crippen molar-refractivity contribution in [2.45, 2.75) is 19.9 Å². The molecule has 0 aliphatic carbocycles. The largest absolute Gasteiger partial charge is 0.370 e. The Morgan fingerprint density at radius 2 is 1.83 bits per heavy atom. The van der Waals surface area contributed by atoms with Gasteiger partial charge in [0.05, 0.1) is 29.3 Å². The Kier molecular flexibility index (Phi) is 5.87. The fourth-order valence-corrected chi connectivity index (χ4v) is 4.51. The second-order valence-electron chi connectivity index (χ2n) is 9.13. The summed E-state index contributed by atoms with van der Waals surface area (Å²) in [4.78, 5) is 9.37. The van der Waals surface area contributed by atoms with Gasteiger partial charge in [-0.3, -0.25) is 4.68 Å². The molecule has 5 rings (SSSR count). The molecule has 0 aromatic carbocycles. The molecular weight excluding hydrogens is 438 g/mol. The number of aromatic nitrogens is 5. The minimum Gasteiger partial charge on any atom is -0.370 e. The molecule has 0 spiro atoms. The predicted octanol–water partition coefficient (Wildman–Crippen LogP) is 3.26. The second kappa shape index (κ2) is 9.14. The fraction of sp³-hybridized carbons (Fsp3) is 0.308. The van der Waals surface area contributed by atoms with E-state index in [4.69, 9.17) is 4.98 Å². The molecule has 4 aromatic heterocycles. The van der Waals surface area contributed by atoms with E-state index in [1.54, 1.807) is 15.4 Å². The Bertz CT molecular complexity index is 1400. The van der Waals surface area contributed by atoms with Crippen LogP contribution in [-0.2, 0) is 7.05 Å². The molecule has 5 heterocycles. The molecule has 0 bridgehead atoms. The van der Waals surface area contributed by atoms with E-state index < -0.39 is 0 Å². The van der Waals surface area contributed by atoms with E-state index in [1.807, 2.05) is 31.8 Å². The third-order valence-corrected chi connectivity index (χ3v) is 6.27. The van der Waals surface area contributed by atoms with Crippen molar-refractivity contribution in [1.82, 2.24) is 34.6 Å². The van der Waals surface area contributed by atoms with Gasteiger partial charge in [0, 0.05) is 80.1 Å². The van der Waals surface area contributed by atoms with E-state index in [2.05, 4.69) is 70.0 Å². The minimum absolute atomic E-state index is 0.371. The van der Waals surface area contributed by atoms with Gasteiger partial charge in [-0.25, -0.2) is 9.50 Å². The lowest BCUT2D eigenvalue weighted by Crippen LogP contribution is -2.48. The highest BCUT2D eigenvalue weighted by molar-refractivity contribution is 5.87. The molecule has 35 heavy (non-hydrogen) atoms. The van der Waals surface area contributed by atoms with E-state index in [-0.39, 0.29) is 0 Å². The van der Waals surface area contributed by atoms with Crippen molar-refractivity contribution in [2.24, 2.45) is 7.05 Å². The number of nitrogens with zero attached hydrogens (tertiary/aromatic N) is 8. The summed E-state index contributed by atoms with van der Waals surface area (Å²) in [5.74, 6) is 1.93. The molecule has 1 N–H and O–H groups in total. The van der Waals surface area contributed by atoms with Crippen LogP contribution in [-0.4, -0.2) is 61.5 Å². The number of nitriles is 1. The zero-order valence-electron chi connectivity index (χ0n) is 20.3. The first-order chi connectivity index (χ1) is 16.9. The van der Waals surface area contributed by atoms with Gasteiger partial charge in [-0.1, -0.05) is 6.58 Å². The lowest BCUT2D eigenvalue weighted by Gasteiger charge is -2.38. The maximum absolute atomic E-state index is 9.65. The minimum atomic E-state index is 0.371. The van der Waals surface area contributed by atoms with Crippen LogP contribution in [0, 0.1) is 11.3 Å². The van der Waals surface area contributed by atoms with E-state index in [1.165, 1.54) is 0 Å². The summed E-state index contributed by atoms with van der Waals surface area (Å²) in [5.41, 5.74) is 5.13. The number of aryl methyl sites for hydroxylation is 1. The van der Waals surface area contributed by atoms with Crippen molar-refractivity contribution in [2.75, 3.05) is 31.1 Å². The molecule has 0 amide bonds. The average Bonchev–Trinajstić information content (AvgIpc) is 3.49. The van der Waals surface area contributed by atoms with Crippen molar-refractivity contribution in [3.8, 4) is 28.3 Å². The quantitative estimate of drug-likeness (QED) is 0.465. The van der Waals surface area contributed by atoms with Crippen LogP contribution in [0.25, 0.3) is 27.8 Å². The van der Waals surface area contributed by atoms with Gasteiger partial charge in [0.25, 0.3) is 0 Å². The SMILES string of the molecule is C=C(NC(C)C)N1CCN(c2ccc(-c3cc(-c4cnn(C)c4)cn4ncc(C#N)c34)cn2)CC1. The number of piperazine rings is 1. The zero-order chi connectivity index (χ0) is 24.5. The Balaban J connectivity index is 1.42. The molecule has 0 unspecified atom stereocenters. The highest BCUT2D eigenvalue weighted by Gasteiger charge is 2.20. The van der Waals surface area contributed by atoms with Crippen molar-refractivity contribution < 1.29 is 0 Å². The lowest BCUT2D eigenvalue weighted by atomic mass is 10.0. The molecule has 1 fully saturated rings. The van der Waals surface area contributed by atoms with Gasteiger partial charge in [-0.05, 0) is 32.0 Å². The number of nitrogens with one attached hydrogen (secondary N) is 1. The monoisotopic (exact) mass is 467 g/mol. The van der Waals surface area contributed by atoms with Crippen LogP contribution in [0.4, 0.5) is 5.82 Å². The first-order valence-electron chi connectivity index (χ1n) is 11.7. The van der Waals surface area contributed by atoms with Crippen LogP contribution in [0.3, 0.4) is 0 Å². The number of hydrogen-bond acceptors (Lipinski definition) is 7. The molecule has 9 nitrogen and oxygen atoms in total. The molecule has 1 aliphatic heterocycles.